The maximum atomic E-state index is 11.3. The zero-order valence-electron chi connectivity index (χ0n) is 11.1. The first-order valence-corrected chi connectivity index (χ1v) is 5.94. The third kappa shape index (κ3) is 3.25. The van der Waals surface area contributed by atoms with Gasteiger partial charge in [-0.2, -0.15) is 0 Å². The van der Waals surface area contributed by atoms with Crippen LogP contribution in [0, 0.1) is 6.92 Å². The molecule has 0 unspecified atom stereocenters. The van der Waals surface area contributed by atoms with Crippen LogP contribution in [0.2, 0.25) is 0 Å². The molecule has 0 fully saturated rings. The van der Waals surface area contributed by atoms with Crippen LogP contribution in [0.15, 0.2) is 36.4 Å². The molecule has 0 saturated heterocycles. The van der Waals surface area contributed by atoms with Crippen molar-refractivity contribution in [2.45, 2.75) is 19.4 Å². The molecule has 4 heteroatoms. The van der Waals surface area contributed by atoms with Gasteiger partial charge in [-0.05, 0) is 28.8 Å². The number of rotatable bonds is 3. The topological polar surface area (TPSA) is 52.3 Å². The molecule has 0 aliphatic carbocycles. The Labute approximate surface area is 119 Å². The number of ether oxygens (including phenoxy) is 1. The Hall–Kier alpha value is -1.58. The molecule has 102 valence electrons. The van der Waals surface area contributed by atoms with E-state index in [-0.39, 0.29) is 30.8 Å². The van der Waals surface area contributed by atoms with Crippen molar-refractivity contribution in [2.75, 3.05) is 7.11 Å². The van der Waals surface area contributed by atoms with E-state index in [2.05, 4.69) is 17.7 Å². The van der Waals surface area contributed by atoms with Gasteiger partial charge >= 0.3 is 5.97 Å². The summed E-state index contributed by atoms with van der Waals surface area (Å²) < 4.78 is 4.66. The van der Waals surface area contributed by atoms with Crippen LogP contribution in [0.5, 0.6) is 0 Å². The molecule has 2 aromatic carbocycles. The summed E-state index contributed by atoms with van der Waals surface area (Å²) >= 11 is 0. The number of carbonyl (C=O) groups excluding carboxylic acids is 1. The highest BCUT2D eigenvalue weighted by atomic mass is 35.5. The molecule has 0 aromatic heterocycles. The number of benzene rings is 2. The van der Waals surface area contributed by atoms with Crippen LogP contribution < -0.4 is 5.73 Å². The minimum Gasteiger partial charge on any atom is -0.469 e. The lowest BCUT2D eigenvalue weighted by Gasteiger charge is -2.14. The van der Waals surface area contributed by atoms with Gasteiger partial charge in [-0.3, -0.25) is 4.79 Å². The Kier molecular flexibility index (Phi) is 5.33. The molecule has 2 N–H and O–H groups in total. The van der Waals surface area contributed by atoms with E-state index in [1.165, 1.54) is 18.1 Å². The molecule has 19 heavy (non-hydrogen) atoms. The van der Waals surface area contributed by atoms with Crippen molar-refractivity contribution in [1.29, 1.82) is 0 Å². The number of fused-ring (bicyclic) bond motifs is 1. The van der Waals surface area contributed by atoms with Crippen LogP contribution in [0.3, 0.4) is 0 Å². The van der Waals surface area contributed by atoms with Gasteiger partial charge in [-0.1, -0.05) is 36.4 Å². The third-order valence-corrected chi connectivity index (χ3v) is 3.19. The van der Waals surface area contributed by atoms with Crippen molar-refractivity contribution >= 4 is 29.1 Å². The molecule has 1 atom stereocenters. The molecule has 0 radical (unpaired) electrons. The van der Waals surface area contributed by atoms with Crippen molar-refractivity contribution in [2.24, 2.45) is 5.73 Å². The summed E-state index contributed by atoms with van der Waals surface area (Å²) in [6.07, 6.45) is 0.198. The first-order valence-electron chi connectivity index (χ1n) is 5.94. The van der Waals surface area contributed by atoms with Crippen molar-refractivity contribution in [1.82, 2.24) is 0 Å². The summed E-state index contributed by atoms with van der Waals surface area (Å²) in [5.41, 5.74) is 8.28. The highest BCUT2D eigenvalue weighted by Crippen LogP contribution is 2.27. The number of aryl methyl sites for hydroxylation is 1. The van der Waals surface area contributed by atoms with Crippen LogP contribution in [-0.4, -0.2) is 13.1 Å². The lowest BCUT2D eigenvalue weighted by molar-refractivity contribution is -0.141. The third-order valence-electron chi connectivity index (χ3n) is 3.19. The van der Waals surface area contributed by atoms with E-state index in [4.69, 9.17) is 5.73 Å². The Bertz CT molecular complexity index is 583. The zero-order valence-corrected chi connectivity index (χ0v) is 11.9. The van der Waals surface area contributed by atoms with E-state index >= 15 is 0 Å². The molecular formula is C15H18ClNO2. The van der Waals surface area contributed by atoms with Crippen molar-refractivity contribution in [3.05, 3.63) is 47.5 Å². The second kappa shape index (κ2) is 6.55. The number of nitrogens with two attached hydrogens (primary N) is 1. The van der Waals surface area contributed by atoms with Gasteiger partial charge < -0.3 is 10.5 Å². The van der Waals surface area contributed by atoms with E-state index in [9.17, 15) is 4.79 Å². The molecule has 3 nitrogen and oxygen atoms in total. The van der Waals surface area contributed by atoms with E-state index in [0.29, 0.717) is 0 Å². The number of esters is 1. The van der Waals surface area contributed by atoms with E-state index in [1.54, 1.807) is 0 Å². The molecule has 0 aliphatic heterocycles. The van der Waals surface area contributed by atoms with Gasteiger partial charge in [0.25, 0.3) is 0 Å². The van der Waals surface area contributed by atoms with Crippen LogP contribution in [0.4, 0.5) is 0 Å². The van der Waals surface area contributed by atoms with Gasteiger partial charge in [0.05, 0.1) is 13.5 Å². The van der Waals surface area contributed by atoms with Gasteiger partial charge in [0.1, 0.15) is 0 Å². The van der Waals surface area contributed by atoms with Gasteiger partial charge in [0.15, 0.2) is 0 Å². The highest BCUT2D eigenvalue weighted by molar-refractivity contribution is 5.89. The van der Waals surface area contributed by atoms with E-state index < -0.39 is 0 Å². The molecule has 0 amide bonds. The lowest BCUT2D eigenvalue weighted by Crippen LogP contribution is -2.16. The fourth-order valence-electron chi connectivity index (χ4n) is 2.17. The number of halogens is 1. The SMILES string of the molecule is COC(=O)C[C@@H](N)c1ccc(C)c2ccccc12.Cl. The van der Waals surface area contributed by atoms with Crippen LogP contribution >= 0.6 is 12.4 Å². The second-order valence-electron chi connectivity index (χ2n) is 4.40. The van der Waals surface area contributed by atoms with Crippen molar-refractivity contribution in [3.63, 3.8) is 0 Å². The van der Waals surface area contributed by atoms with Crippen molar-refractivity contribution in [3.8, 4) is 0 Å². The molecule has 2 rings (SSSR count). The summed E-state index contributed by atoms with van der Waals surface area (Å²) in [4.78, 5) is 11.3. The summed E-state index contributed by atoms with van der Waals surface area (Å²) in [5, 5.41) is 2.28. The Morgan fingerprint density at radius 2 is 1.84 bits per heavy atom. The lowest BCUT2D eigenvalue weighted by atomic mass is 9.95. The summed E-state index contributed by atoms with van der Waals surface area (Å²) in [6, 6.07) is 11.8. The zero-order chi connectivity index (χ0) is 13.1. The number of carbonyl (C=O) groups is 1. The highest BCUT2D eigenvalue weighted by Gasteiger charge is 2.14. The minimum atomic E-state index is -0.331. The van der Waals surface area contributed by atoms with Gasteiger partial charge in [-0.25, -0.2) is 0 Å². The Morgan fingerprint density at radius 1 is 1.21 bits per heavy atom. The van der Waals surface area contributed by atoms with Gasteiger partial charge in [0.2, 0.25) is 0 Å². The summed E-state index contributed by atoms with van der Waals surface area (Å²) in [6.45, 7) is 2.07. The van der Waals surface area contributed by atoms with E-state index in [0.717, 1.165) is 10.9 Å². The number of hydrogen-bond donors (Lipinski definition) is 1. The Morgan fingerprint density at radius 3 is 2.47 bits per heavy atom. The summed E-state index contributed by atoms with van der Waals surface area (Å²) in [7, 11) is 1.38. The van der Waals surface area contributed by atoms with Crippen LogP contribution in [-0.2, 0) is 9.53 Å². The first kappa shape index (κ1) is 15.5. The minimum absolute atomic E-state index is 0. The molecule has 0 heterocycles. The smallest absolute Gasteiger partial charge is 0.307 e. The Balaban J connectivity index is 0.00000180. The molecule has 0 spiro atoms. The molecule has 2 aromatic rings. The van der Waals surface area contributed by atoms with E-state index in [1.807, 2.05) is 30.3 Å². The van der Waals surface area contributed by atoms with Gasteiger partial charge in [-0.15, -0.1) is 12.4 Å². The fourth-order valence-corrected chi connectivity index (χ4v) is 2.17. The normalized spacial score (nSPS) is 11.7. The largest absolute Gasteiger partial charge is 0.469 e. The predicted molar refractivity (Wildman–Crippen MR) is 79.5 cm³/mol. The summed E-state index contributed by atoms with van der Waals surface area (Å²) in [5.74, 6) is -0.285. The standard InChI is InChI=1S/C15H17NO2.ClH/c1-10-7-8-13(14(16)9-15(17)18-2)12-6-4-3-5-11(10)12;/h3-8,14H,9,16H2,1-2H3;1H/t14-;/m1./s1. The number of hydrogen-bond acceptors (Lipinski definition) is 3. The molecular weight excluding hydrogens is 262 g/mol. The fraction of sp³-hybridized carbons (Fsp3) is 0.267. The maximum absolute atomic E-state index is 11.3. The maximum Gasteiger partial charge on any atom is 0.307 e. The van der Waals surface area contributed by atoms with Crippen molar-refractivity contribution < 1.29 is 9.53 Å². The second-order valence-corrected chi connectivity index (χ2v) is 4.40. The average Bonchev–Trinajstić information content (AvgIpc) is 2.39. The van der Waals surface area contributed by atoms with Crippen LogP contribution in [0.1, 0.15) is 23.6 Å². The molecule has 0 aliphatic rings. The quantitative estimate of drug-likeness (QED) is 0.878. The monoisotopic (exact) mass is 279 g/mol. The molecule has 0 bridgehead atoms. The average molecular weight is 280 g/mol. The first-order chi connectivity index (χ1) is 8.63. The van der Waals surface area contributed by atoms with Crippen LogP contribution in [0.25, 0.3) is 10.8 Å². The van der Waals surface area contributed by atoms with Gasteiger partial charge in [0, 0.05) is 6.04 Å². The molecule has 0 saturated carbocycles. The number of methoxy groups -OCH3 is 1. The predicted octanol–water partition coefficient (Wildman–Crippen LogP) is 3.13.